The summed E-state index contributed by atoms with van der Waals surface area (Å²) in [5.41, 5.74) is 3.36. The molecule has 0 atom stereocenters. The van der Waals surface area contributed by atoms with Crippen LogP contribution in [0, 0.1) is 18.3 Å². The van der Waals surface area contributed by atoms with Crippen LogP contribution in [0.4, 0.5) is 17.1 Å². The van der Waals surface area contributed by atoms with E-state index in [1.165, 1.54) is 6.20 Å². The number of hydrogen-bond acceptors (Lipinski definition) is 4. The van der Waals surface area contributed by atoms with Crippen LogP contribution in [0.1, 0.15) is 19.4 Å². The maximum Gasteiger partial charge on any atom is 0.267 e. The number of carbonyl (C=O) groups excluding carboxylic acids is 1. The van der Waals surface area contributed by atoms with Gasteiger partial charge < -0.3 is 15.5 Å². The summed E-state index contributed by atoms with van der Waals surface area (Å²) in [6, 6.07) is 15.0. The first kappa shape index (κ1) is 20.3. The second-order valence-electron chi connectivity index (χ2n) is 5.95. The van der Waals surface area contributed by atoms with Gasteiger partial charge in [-0.05, 0) is 62.7 Å². The summed E-state index contributed by atoms with van der Waals surface area (Å²) in [5.74, 6) is -0.496. The van der Waals surface area contributed by atoms with Crippen molar-refractivity contribution in [2.75, 3.05) is 28.6 Å². The number of nitriles is 1. The lowest BCUT2D eigenvalue weighted by atomic mass is 10.2. The number of aryl methyl sites for hydroxylation is 1. The molecule has 0 saturated carbocycles. The van der Waals surface area contributed by atoms with Gasteiger partial charge in [0.1, 0.15) is 11.6 Å². The Balaban J connectivity index is 2.06. The molecule has 1 amide bonds. The van der Waals surface area contributed by atoms with Gasteiger partial charge in [-0.3, -0.25) is 4.79 Å². The van der Waals surface area contributed by atoms with Crippen molar-refractivity contribution in [3.8, 4) is 6.07 Å². The van der Waals surface area contributed by atoms with Gasteiger partial charge in [-0.15, -0.1) is 0 Å². The molecule has 0 unspecified atom stereocenters. The highest BCUT2D eigenvalue weighted by Gasteiger charge is 2.10. The number of carbonyl (C=O) groups is 1. The van der Waals surface area contributed by atoms with E-state index in [2.05, 4.69) is 29.4 Å². The number of amides is 1. The predicted molar refractivity (Wildman–Crippen MR) is 112 cm³/mol. The van der Waals surface area contributed by atoms with Gasteiger partial charge in [0.05, 0.1) is 0 Å². The average Bonchev–Trinajstić information content (AvgIpc) is 2.67. The van der Waals surface area contributed by atoms with E-state index in [0.717, 1.165) is 30.0 Å². The predicted octanol–water partition coefficient (Wildman–Crippen LogP) is 4.95. The van der Waals surface area contributed by atoms with Gasteiger partial charge in [-0.2, -0.15) is 5.26 Å². The Morgan fingerprint density at radius 2 is 1.78 bits per heavy atom. The van der Waals surface area contributed by atoms with Crippen molar-refractivity contribution in [3.63, 3.8) is 0 Å². The minimum atomic E-state index is -0.496. The first-order valence-corrected chi connectivity index (χ1v) is 9.15. The van der Waals surface area contributed by atoms with Gasteiger partial charge >= 0.3 is 0 Å². The minimum absolute atomic E-state index is 0.0282. The number of rotatable bonds is 7. The Bertz CT molecular complexity index is 865. The maximum absolute atomic E-state index is 12.3. The Morgan fingerprint density at radius 1 is 1.15 bits per heavy atom. The molecule has 0 aliphatic rings. The lowest BCUT2D eigenvalue weighted by Gasteiger charge is -2.21. The van der Waals surface area contributed by atoms with Gasteiger partial charge in [0.25, 0.3) is 5.91 Å². The molecule has 0 aliphatic heterocycles. The lowest BCUT2D eigenvalue weighted by molar-refractivity contribution is -0.112. The normalized spacial score (nSPS) is 10.9. The average molecular weight is 383 g/mol. The molecule has 0 bridgehead atoms. The molecule has 0 radical (unpaired) electrons. The van der Waals surface area contributed by atoms with Crippen LogP contribution in [0.15, 0.2) is 54.2 Å². The Kier molecular flexibility index (Phi) is 7.27. The zero-order chi connectivity index (χ0) is 19.8. The second kappa shape index (κ2) is 9.65. The lowest BCUT2D eigenvalue weighted by Crippen LogP contribution is -2.21. The highest BCUT2D eigenvalue weighted by Crippen LogP contribution is 2.21. The Morgan fingerprint density at radius 3 is 2.33 bits per heavy atom. The maximum atomic E-state index is 12.3. The van der Waals surface area contributed by atoms with Crippen molar-refractivity contribution in [3.05, 3.63) is 64.8 Å². The highest BCUT2D eigenvalue weighted by atomic mass is 35.5. The van der Waals surface area contributed by atoms with Gasteiger partial charge in [-0.1, -0.05) is 17.7 Å². The van der Waals surface area contributed by atoms with Crippen LogP contribution >= 0.6 is 11.6 Å². The van der Waals surface area contributed by atoms with E-state index < -0.39 is 5.91 Å². The molecule has 5 nitrogen and oxygen atoms in total. The number of nitrogens with one attached hydrogen (secondary N) is 2. The molecule has 2 N–H and O–H groups in total. The van der Waals surface area contributed by atoms with Crippen molar-refractivity contribution >= 4 is 34.6 Å². The van der Waals surface area contributed by atoms with Crippen molar-refractivity contribution in [1.29, 1.82) is 5.26 Å². The smallest absolute Gasteiger partial charge is 0.267 e. The zero-order valence-electron chi connectivity index (χ0n) is 15.7. The molecule has 0 spiro atoms. The SMILES string of the molecule is CCN(CC)c1ccc(N/C=C(/C#N)C(=O)Nc2ccc(C)c(Cl)c2)cc1. The molecule has 0 saturated heterocycles. The Hall–Kier alpha value is -2.97. The monoisotopic (exact) mass is 382 g/mol. The van der Waals surface area contributed by atoms with E-state index in [-0.39, 0.29) is 5.57 Å². The second-order valence-corrected chi connectivity index (χ2v) is 6.36. The van der Waals surface area contributed by atoms with Crippen LogP contribution in [0.2, 0.25) is 5.02 Å². The molecule has 0 fully saturated rings. The van der Waals surface area contributed by atoms with Crippen molar-refractivity contribution in [1.82, 2.24) is 0 Å². The topological polar surface area (TPSA) is 68.2 Å². The van der Waals surface area contributed by atoms with Crippen LogP contribution in [0.25, 0.3) is 0 Å². The summed E-state index contributed by atoms with van der Waals surface area (Å²) in [4.78, 5) is 14.5. The van der Waals surface area contributed by atoms with Gasteiger partial charge in [0, 0.05) is 41.4 Å². The Labute approximate surface area is 165 Å². The quantitative estimate of drug-likeness (QED) is 0.525. The molecule has 2 aromatic carbocycles. The summed E-state index contributed by atoms with van der Waals surface area (Å²) in [7, 11) is 0. The molecular weight excluding hydrogens is 360 g/mol. The van der Waals surface area contributed by atoms with E-state index in [9.17, 15) is 10.1 Å². The molecule has 0 aromatic heterocycles. The van der Waals surface area contributed by atoms with Crippen molar-refractivity contribution in [2.24, 2.45) is 0 Å². The molecule has 140 valence electrons. The van der Waals surface area contributed by atoms with Crippen LogP contribution in [-0.4, -0.2) is 19.0 Å². The molecular formula is C21H23ClN4O. The first-order valence-electron chi connectivity index (χ1n) is 8.77. The molecule has 0 heterocycles. The standard InChI is InChI=1S/C21H23ClN4O/c1-4-26(5-2)19-10-8-17(9-11-19)24-14-16(13-23)21(27)25-18-7-6-15(3)20(22)12-18/h6-12,14,24H,4-5H2,1-3H3,(H,25,27)/b16-14-. The van der Waals surface area contributed by atoms with Crippen LogP contribution in [0.3, 0.4) is 0 Å². The van der Waals surface area contributed by atoms with E-state index >= 15 is 0 Å². The summed E-state index contributed by atoms with van der Waals surface area (Å²) < 4.78 is 0. The first-order chi connectivity index (χ1) is 13.0. The summed E-state index contributed by atoms with van der Waals surface area (Å²) >= 11 is 6.06. The third-order valence-electron chi connectivity index (χ3n) is 4.17. The van der Waals surface area contributed by atoms with E-state index in [4.69, 9.17) is 11.6 Å². The van der Waals surface area contributed by atoms with Crippen LogP contribution < -0.4 is 15.5 Å². The van der Waals surface area contributed by atoms with Crippen molar-refractivity contribution in [2.45, 2.75) is 20.8 Å². The number of nitrogens with zero attached hydrogens (tertiary/aromatic N) is 2. The van der Waals surface area contributed by atoms with E-state index in [1.807, 2.05) is 43.3 Å². The number of benzene rings is 2. The largest absolute Gasteiger partial charge is 0.372 e. The minimum Gasteiger partial charge on any atom is -0.372 e. The van der Waals surface area contributed by atoms with Gasteiger partial charge in [-0.25, -0.2) is 0 Å². The van der Waals surface area contributed by atoms with Crippen LogP contribution in [-0.2, 0) is 4.79 Å². The zero-order valence-corrected chi connectivity index (χ0v) is 16.5. The molecule has 27 heavy (non-hydrogen) atoms. The van der Waals surface area contributed by atoms with Gasteiger partial charge in [0.15, 0.2) is 0 Å². The summed E-state index contributed by atoms with van der Waals surface area (Å²) in [5, 5.41) is 15.5. The number of anilines is 3. The molecule has 0 aliphatic carbocycles. The van der Waals surface area contributed by atoms with Crippen LogP contribution in [0.5, 0.6) is 0 Å². The molecule has 2 rings (SSSR count). The molecule has 6 heteroatoms. The van der Waals surface area contributed by atoms with E-state index in [0.29, 0.717) is 10.7 Å². The highest BCUT2D eigenvalue weighted by molar-refractivity contribution is 6.31. The number of halogens is 1. The summed E-state index contributed by atoms with van der Waals surface area (Å²) in [6.07, 6.45) is 1.40. The van der Waals surface area contributed by atoms with Gasteiger partial charge in [0.2, 0.25) is 0 Å². The van der Waals surface area contributed by atoms with Crippen molar-refractivity contribution < 1.29 is 4.79 Å². The fraction of sp³-hybridized carbons (Fsp3) is 0.238. The fourth-order valence-corrected chi connectivity index (χ4v) is 2.71. The number of hydrogen-bond donors (Lipinski definition) is 2. The fourth-order valence-electron chi connectivity index (χ4n) is 2.53. The third-order valence-corrected chi connectivity index (χ3v) is 4.58. The summed E-state index contributed by atoms with van der Waals surface area (Å²) in [6.45, 7) is 7.97. The molecule has 2 aromatic rings. The third kappa shape index (κ3) is 5.50. The van der Waals surface area contributed by atoms with E-state index in [1.54, 1.807) is 12.1 Å².